The molecule has 1 aromatic carbocycles. The van der Waals surface area contributed by atoms with E-state index in [1.807, 2.05) is 42.6 Å². The van der Waals surface area contributed by atoms with E-state index < -0.39 is 0 Å². The van der Waals surface area contributed by atoms with Crippen molar-refractivity contribution >= 4 is 38.5 Å². The predicted molar refractivity (Wildman–Crippen MR) is 79.8 cm³/mol. The van der Waals surface area contributed by atoms with Crippen LogP contribution in [-0.2, 0) is 0 Å². The lowest BCUT2D eigenvalue weighted by Gasteiger charge is -2.07. The summed E-state index contributed by atoms with van der Waals surface area (Å²) in [4.78, 5) is 0.899. The Hall–Kier alpha value is -1.57. The highest BCUT2D eigenvalue weighted by Crippen LogP contribution is 2.27. The Labute approximate surface area is 118 Å². The van der Waals surface area contributed by atoms with Crippen LogP contribution in [0.15, 0.2) is 40.2 Å². The molecule has 0 aliphatic rings. The van der Waals surface area contributed by atoms with Crippen LogP contribution in [0.3, 0.4) is 0 Å². The predicted octanol–water partition coefficient (Wildman–Crippen LogP) is 4.17. The van der Waals surface area contributed by atoms with Crippen molar-refractivity contribution in [2.45, 2.75) is 6.92 Å². The quantitative estimate of drug-likeness (QED) is 0.845. The zero-order valence-corrected chi connectivity index (χ0v) is 12.2. The Morgan fingerprint density at radius 1 is 1.39 bits per heavy atom. The van der Waals surface area contributed by atoms with Crippen LogP contribution < -0.4 is 5.73 Å². The summed E-state index contributed by atoms with van der Waals surface area (Å²) in [6, 6.07) is 11.8. The fourth-order valence-electron chi connectivity index (χ4n) is 1.63. The third-order valence-corrected chi connectivity index (χ3v) is 4.39. The first-order valence-electron chi connectivity index (χ1n) is 5.33. The summed E-state index contributed by atoms with van der Waals surface area (Å²) in [5, 5.41) is 11.2. The van der Waals surface area contributed by atoms with Crippen molar-refractivity contribution in [3.8, 4) is 6.07 Å². The first-order valence-corrected chi connectivity index (χ1v) is 7.01. The lowest BCUT2D eigenvalue weighted by molar-refractivity contribution is 1.39. The number of nitrogens with zero attached hydrogens (tertiary/aromatic N) is 1. The molecule has 0 spiro atoms. The van der Waals surface area contributed by atoms with Crippen molar-refractivity contribution in [2.24, 2.45) is 5.73 Å². The second-order valence-electron chi connectivity index (χ2n) is 3.84. The van der Waals surface area contributed by atoms with E-state index >= 15 is 0 Å². The average Bonchev–Trinajstić information content (AvgIpc) is 2.87. The Balaban J connectivity index is 2.54. The zero-order valence-electron chi connectivity index (χ0n) is 9.77. The second-order valence-corrected chi connectivity index (χ2v) is 5.64. The van der Waals surface area contributed by atoms with Crippen LogP contribution in [0.25, 0.3) is 11.3 Å². The molecule has 0 saturated heterocycles. The van der Waals surface area contributed by atoms with Gasteiger partial charge in [0.15, 0.2) is 0 Å². The fraction of sp³-hybridized carbons (Fsp3) is 0.0714. The van der Waals surface area contributed by atoms with E-state index in [1.54, 1.807) is 0 Å². The van der Waals surface area contributed by atoms with Crippen LogP contribution in [0.1, 0.15) is 16.0 Å². The maximum Gasteiger partial charge on any atom is 0.103 e. The van der Waals surface area contributed by atoms with Gasteiger partial charge in [-0.15, -0.1) is 11.3 Å². The molecular formula is C14H11BrN2S. The number of rotatable bonds is 2. The number of aryl methyl sites for hydroxylation is 1. The summed E-state index contributed by atoms with van der Waals surface area (Å²) in [5.74, 6) is 0. The van der Waals surface area contributed by atoms with E-state index in [0.717, 1.165) is 20.5 Å². The number of halogens is 1. The summed E-state index contributed by atoms with van der Waals surface area (Å²) in [7, 11) is 0. The molecule has 4 heteroatoms. The normalized spacial score (nSPS) is 11.8. The third kappa shape index (κ3) is 2.47. The number of benzene rings is 1. The second kappa shape index (κ2) is 5.38. The van der Waals surface area contributed by atoms with Gasteiger partial charge in [0.05, 0.1) is 11.3 Å². The van der Waals surface area contributed by atoms with Crippen LogP contribution in [-0.4, -0.2) is 0 Å². The molecular weight excluding hydrogens is 308 g/mol. The number of thiophene rings is 1. The third-order valence-electron chi connectivity index (χ3n) is 2.62. The average molecular weight is 319 g/mol. The number of nitriles is 1. The molecule has 2 nitrogen and oxygen atoms in total. The first kappa shape index (κ1) is 12.9. The van der Waals surface area contributed by atoms with Crippen molar-refractivity contribution in [2.75, 3.05) is 0 Å². The minimum absolute atomic E-state index is 0.524. The molecule has 0 saturated carbocycles. The van der Waals surface area contributed by atoms with Gasteiger partial charge in [0.1, 0.15) is 6.07 Å². The van der Waals surface area contributed by atoms with Gasteiger partial charge in [0.2, 0.25) is 0 Å². The summed E-state index contributed by atoms with van der Waals surface area (Å²) in [5.41, 5.74) is 9.14. The SMILES string of the molecule is Cc1cc(/C(N)=C(/C#N)c2cccs2)ccc1Br. The monoisotopic (exact) mass is 318 g/mol. The van der Waals surface area contributed by atoms with E-state index in [2.05, 4.69) is 22.0 Å². The molecule has 90 valence electrons. The van der Waals surface area contributed by atoms with Crippen LogP contribution in [0.2, 0.25) is 0 Å². The molecule has 0 unspecified atom stereocenters. The van der Waals surface area contributed by atoms with Gasteiger partial charge >= 0.3 is 0 Å². The molecule has 18 heavy (non-hydrogen) atoms. The Morgan fingerprint density at radius 3 is 2.72 bits per heavy atom. The molecule has 0 fully saturated rings. The summed E-state index contributed by atoms with van der Waals surface area (Å²) in [6.45, 7) is 2.00. The summed E-state index contributed by atoms with van der Waals surface area (Å²) >= 11 is 4.97. The highest BCUT2D eigenvalue weighted by Gasteiger charge is 2.10. The molecule has 1 heterocycles. The van der Waals surface area contributed by atoms with Crippen molar-refractivity contribution in [1.82, 2.24) is 0 Å². The van der Waals surface area contributed by atoms with E-state index in [0.29, 0.717) is 11.3 Å². The van der Waals surface area contributed by atoms with Gasteiger partial charge in [0, 0.05) is 9.35 Å². The van der Waals surface area contributed by atoms with Gasteiger partial charge in [-0.25, -0.2) is 0 Å². The maximum absolute atomic E-state index is 9.26. The van der Waals surface area contributed by atoms with Crippen molar-refractivity contribution in [3.05, 3.63) is 56.2 Å². The molecule has 0 atom stereocenters. The molecule has 0 aliphatic heterocycles. The molecule has 2 N–H and O–H groups in total. The molecule has 0 amide bonds. The van der Waals surface area contributed by atoms with E-state index in [9.17, 15) is 5.26 Å². The van der Waals surface area contributed by atoms with E-state index in [-0.39, 0.29) is 0 Å². The molecule has 0 aliphatic carbocycles. The smallest absolute Gasteiger partial charge is 0.103 e. The first-order chi connectivity index (χ1) is 8.63. The van der Waals surface area contributed by atoms with Crippen LogP contribution in [0, 0.1) is 18.3 Å². The van der Waals surface area contributed by atoms with Gasteiger partial charge in [-0.05, 0) is 41.6 Å². The standard InChI is InChI=1S/C14H11BrN2S/c1-9-7-10(4-5-12(9)15)14(17)11(8-16)13-3-2-6-18-13/h2-7H,17H2,1H3/b14-11+. The lowest BCUT2D eigenvalue weighted by Crippen LogP contribution is -2.00. The Kier molecular flexibility index (Phi) is 3.85. The largest absolute Gasteiger partial charge is 0.397 e. The van der Waals surface area contributed by atoms with Crippen LogP contribution in [0.4, 0.5) is 0 Å². The molecule has 0 bridgehead atoms. The summed E-state index contributed by atoms with van der Waals surface area (Å²) in [6.07, 6.45) is 0. The van der Waals surface area contributed by atoms with Crippen molar-refractivity contribution in [1.29, 1.82) is 5.26 Å². The minimum atomic E-state index is 0.524. The summed E-state index contributed by atoms with van der Waals surface area (Å²) < 4.78 is 1.04. The van der Waals surface area contributed by atoms with Crippen molar-refractivity contribution in [3.63, 3.8) is 0 Å². The topological polar surface area (TPSA) is 49.8 Å². The van der Waals surface area contributed by atoms with Gasteiger partial charge < -0.3 is 5.73 Å². The fourth-order valence-corrected chi connectivity index (χ4v) is 2.61. The van der Waals surface area contributed by atoms with Crippen molar-refractivity contribution < 1.29 is 0 Å². The Bertz CT molecular complexity index is 636. The van der Waals surface area contributed by atoms with Gasteiger partial charge in [-0.1, -0.05) is 28.1 Å². The number of hydrogen-bond donors (Lipinski definition) is 1. The molecule has 2 aromatic rings. The Morgan fingerprint density at radius 2 is 2.17 bits per heavy atom. The number of nitrogens with two attached hydrogens (primary N) is 1. The van der Waals surface area contributed by atoms with E-state index in [4.69, 9.17) is 5.73 Å². The highest BCUT2D eigenvalue weighted by molar-refractivity contribution is 9.10. The van der Waals surface area contributed by atoms with Crippen LogP contribution >= 0.6 is 27.3 Å². The number of hydrogen-bond acceptors (Lipinski definition) is 3. The highest BCUT2D eigenvalue weighted by atomic mass is 79.9. The minimum Gasteiger partial charge on any atom is -0.397 e. The molecule has 2 rings (SSSR count). The molecule has 0 radical (unpaired) electrons. The number of allylic oxidation sites excluding steroid dienone is 1. The van der Waals surface area contributed by atoms with Gasteiger partial charge in [0.25, 0.3) is 0 Å². The van der Waals surface area contributed by atoms with Gasteiger partial charge in [-0.3, -0.25) is 0 Å². The van der Waals surface area contributed by atoms with Gasteiger partial charge in [-0.2, -0.15) is 5.26 Å². The molecule has 1 aromatic heterocycles. The maximum atomic E-state index is 9.26. The zero-order chi connectivity index (χ0) is 13.1. The van der Waals surface area contributed by atoms with E-state index in [1.165, 1.54) is 11.3 Å². The lowest BCUT2D eigenvalue weighted by atomic mass is 10.0. The van der Waals surface area contributed by atoms with Crippen LogP contribution in [0.5, 0.6) is 0 Å².